The second kappa shape index (κ2) is 6.26. The highest BCUT2D eigenvalue weighted by atomic mass is 19.3. The maximum absolute atomic E-state index is 13.0. The molecule has 0 radical (unpaired) electrons. The van der Waals surface area contributed by atoms with Crippen LogP contribution in [-0.4, -0.2) is 36.5 Å². The van der Waals surface area contributed by atoms with Gasteiger partial charge in [-0.2, -0.15) is 8.78 Å². The average molecular weight is 346 g/mol. The van der Waals surface area contributed by atoms with E-state index in [0.29, 0.717) is 24.9 Å². The number of carbonyl (C=O) groups excluding carboxylic acids is 1. The van der Waals surface area contributed by atoms with Gasteiger partial charge < -0.3 is 15.4 Å². The van der Waals surface area contributed by atoms with Gasteiger partial charge in [0, 0.05) is 19.1 Å². The van der Waals surface area contributed by atoms with Crippen molar-refractivity contribution in [1.82, 2.24) is 4.90 Å². The zero-order chi connectivity index (χ0) is 17.6. The van der Waals surface area contributed by atoms with E-state index in [4.69, 9.17) is 5.73 Å². The van der Waals surface area contributed by atoms with E-state index in [1.165, 1.54) is 6.07 Å². The lowest BCUT2D eigenvalue weighted by Crippen LogP contribution is -2.33. The quantitative estimate of drug-likeness (QED) is 0.928. The molecule has 1 aliphatic heterocycles. The lowest BCUT2D eigenvalue weighted by molar-refractivity contribution is -0.0501. The lowest BCUT2D eigenvalue weighted by Gasteiger charge is -2.21. The van der Waals surface area contributed by atoms with Gasteiger partial charge in [-0.1, -0.05) is 24.3 Å². The van der Waals surface area contributed by atoms with E-state index in [2.05, 4.69) is 4.74 Å². The first-order chi connectivity index (χ1) is 12.0. The van der Waals surface area contributed by atoms with Crippen molar-refractivity contribution >= 4 is 16.7 Å². The Hall–Kier alpha value is -2.21. The van der Waals surface area contributed by atoms with Crippen LogP contribution in [0.15, 0.2) is 36.4 Å². The van der Waals surface area contributed by atoms with E-state index >= 15 is 0 Å². The Morgan fingerprint density at radius 2 is 1.88 bits per heavy atom. The molecule has 0 spiro atoms. The highest BCUT2D eigenvalue weighted by Gasteiger charge is 2.43. The summed E-state index contributed by atoms with van der Waals surface area (Å²) in [5, 5.41) is 1.58. The van der Waals surface area contributed by atoms with Gasteiger partial charge in [0.15, 0.2) is 0 Å². The van der Waals surface area contributed by atoms with Crippen LogP contribution in [0.3, 0.4) is 0 Å². The van der Waals surface area contributed by atoms with Crippen LogP contribution in [0, 0.1) is 11.8 Å². The summed E-state index contributed by atoms with van der Waals surface area (Å²) < 4.78 is 30.3. The van der Waals surface area contributed by atoms with Crippen molar-refractivity contribution in [3.8, 4) is 5.75 Å². The number of hydrogen-bond donors (Lipinski definition) is 1. The number of carbonyl (C=O) groups is 1. The standard InChI is InChI=1S/C19H20F2N2O2/c20-19(21)25-17-8-12-4-2-1-3-11(12)7-14(17)18(24)23-9-13-5-6-16(22)15(13)10-23/h1-4,7-8,13,15-16,19H,5-6,9-10,22H2. The minimum atomic E-state index is -2.97. The largest absolute Gasteiger partial charge is 0.434 e. The van der Waals surface area contributed by atoms with Crippen LogP contribution < -0.4 is 10.5 Å². The molecule has 6 heteroatoms. The Labute approximate surface area is 144 Å². The fourth-order valence-electron chi connectivity index (χ4n) is 4.22. The highest BCUT2D eigenvalue weighted by molar-refractivity contribution is 6.01. The second-order valence-electron chi connectivity index (χ2n) is 6.95. The zero-order valence-corrected chi connectivity index (χ0v) is 13.7. The van der Waals surface area contributed by atoms with E-state index in [0.717, 1.165) is 23.6 Å². The Bertz CT molecular complexity index is 811. The van der Waals surface area contributed by atoms with Crippen molar-refractivity contribution in [3.05, 3.63) is 42.0 Å². The molecule has 0 bridgehead atoms. The second-order valence-corrected chi connectivity index (χ2v) is 6.95. The molecule has 132 valence electrons. The summed E-state index contributed by atoms with van der Waals surface area (Å²) in [4.78, 5) is 14.7. The van der Waals surface area contributed by atoms with Crippen molar-refractivity contribution in [2.45, 2.75) is 25.5 Å². The van der Waals surface area contributed by atoms with Crippen molar-refractivity contribution in [2.24, 2.45) is 17.6 Å². The average Bonchev–Trinajstić information content (AvgIpc) is 3.15. The Balaban J connectivity index is 1.68. The third kappa shape index (κ3) is 2.95. The van der Waals surface area contributed by atoms with Crippen molar-refractivity contribution in [1.29, 1.82) is 0 Å². The van der Waals surface area contributed by atoms with Crippen LogP contribution >= 0.6 is 0 Å². The summed E-state index contributed by atoms with van der Waals surface area (Å²) in [6.07, 6.45) is 2.01. The molecule has 2 N–H and O–H groups in total. The van der Waals surface area contributed by atoms with Crippen LogP contribution in [0.2, 0.25) is 0 Å². The molecular formula is C19H20F2N2O2. The van der Waals surface area contributed by atoms with Crippen molar-refractivity contribution in [2.75, 3.05) is 13.1 Å². The molecule has 2 fully saturated rings. The van der Waals surface area contributed by atoms with Gasteiger partial charge in [0.25, 0.3) is 5.91 Å². The van der Waals surface area contributed by atoms with Gasteiger partial charge in [0.1, 0.15) is 5.75 Å². The molecule has 2 aliphatic rings. The molecule has 3 unspecified atom stereocenters. The highest BCUT2D eigenvalue weighted by Crippen LogP contribution is 2.38. The van der Waals surface area contributed by atoms with Crippen LogP contribution in [0.5, 0.6) is 5.75 Å². The predicted molar refractivity (Wildman–Crippen MR) is 90.7 cm³/mol. The van der Waals surface area contributed by atoms with Gasteiger partial charge >= 0.3 is 6.61 Å². The maximum Gasteiger partial charge on any atom is 0.387 e. The van der Waals surface area contributed by atoms with Crippen LogP contribution in [0.1, 0.15) is 23.2 Å². The number of halogens is 2. The predicted octanol–water partition coefficient (Wildman–Crippen LogP) is 3.25. The molecule has 1 heterocycles. The van der Waals surface area contributed by atoms with Gasteiger partial charge in [0.2, 0.25) is 0 Å². The number of nitrogens with two attached hydrogens (primary N) is 1. The number of hydrogen-bond acceptors (Lipinski definition) is 3. The number of benzene rings is 2. The maximum atomic E-state index is 13.0. The monoisotopic (exact) mass is 346 g/mol. The number of fused-ring (bicyclic) bond motifs is 2. The Morgan fingerprint density at radius 3 is 2.56 bits per heavy atom. The van der Waals surface area contributed by atoms with E-state index in [1.54, 1.807) is 17.0 Å². The molecular weight excluding hydrogens is 326 g/mol. The number of likely N-dealkylation sites (tertiary alicyclic amines) is 1. The van der Waals surface area contributed by atoms with Gasteiger partial charge in [0.05, 0.1) is 5.56 Å². The Morgan fingerprint density at radius 1 is 1.16 bits per heavy atom. The summed E-state index contributed by atoms with van der Waals surface area (Å²) >= 11 is 0. The fraction of sp³-hybridized carbons (Fsp3) is 0.421. The zero-order valence-electron chi connectivity index (χ0n) is 13.7. The number of alkyl halides is 2. The third-order valence-electron chi connectivity index (χ3n) is 5.49. The minimum Gasteiger partial charge on any atom is -0.434 e. The molecule has 2 aromatic rings. The van der Waals surface area contributed by atoms with Gasteiger partial charge in [-0.05, 0) is 47.6 Å². The van der Waals surface area contributed by atoms with E-state index in [1.807, 2.05) is 18.2 Å². The molecule has 1 amide bonds. The summed E-state index contributed by atoms with van der Waals surface area (Å²) in [5.74, 6) is 0.394. The number of rotatable bonds is 3. The number of nitrogens with zero attached hydrogens (tertiary/aromatic N) is 1. The van der Waals surface area contributed by atoms with E-state index < -0.39 is 6.61 Å². The minimum absolute atomic E-state index is 0.0694. The summed E-state index contributed by atoms with van der Waals surface area (Å²) in [6, 6.07) is 10.6. The lowest BCUT2D eigenvalue weighted by atomic mass is 9.98. The molecule has 2 aromatic carbocycles. The fourth-order valence-corrected chi connectivity index (χ4v) is 4.22. The van der Waals surface area contributed by atoms with Crippen LogP contribution in [0.4, 0.5) is 8.78 Å². The first-order valence-corrected chi connectivity index (χ1v) is 8.55. The van der Waals surface area contributed by atoms with Crippen molar-refractivity contribution < 1.29 is 18.3 Å². The normalized spacial score (nSPS) is 25.6. The smallest absolute Gasteiger partial charge is 0.387 e. The van der Waals surface area contributed by atoms with Crippen molar-refractivity contribution in [3.63, 3.8) is 0 Å². The first-order valence-electron chi connectivity index (χ1n) is 8.55. The summed E-state index contributed by atoms with van der Waals surface area (Å²) in [5.41, 5.74) is 6.32. The number of amides is 1. The van der Waals surface area contributed by atoms with Gasteiger partial charge in [-0.3, -0.25) is 4.79 Å². The van der Waals surface area contributed by atoms with Crippen LogP contribution in [0.25, 0.3) is 10.8 Å². The van der Waals surface area contributed by atoms with Crippen LogP contribution in [-0.2, 0) is 0 Å². The topological polar surface area (TPSA) is 55.6 Å². The molecule has 1 aliphatic carbocycles. The molecule has 3 atom stereocenters. The first kappa shape index (κ1) is 16.3. The molecule has 1 saturated heterocycles. The molecule has 25 heavy (non-hydrogen) atoms. The Kier molecular flexibility index (Phi) is 4.07. The number of ether oxygens (including phenoxy) is 1. The third-order valence-corrected chi connectivity index (χ3v) is 5.49. The molecule has 4 rings (SSSR count). The van der Waals surface area contributed by atoms with Gasteiger partial charge in [-0.15, -0.1) is 0 Å². The molecule has 4 nitrogen and oxygen atoms in total. The summed E-state index contributed by atoms with van der Waals surface area (Å²) in [7, 11) is 0. The summed E-state index contributed by atoms with van der Waals surface area (Å²) in [6.45, 7) is -1.75. The SMILES string of the molecule is NC1CCC2CN(C(=O)c3cc4ccccc4cc3OC(F)F)CC12. The van der Waals surface area contributed by atoms with E-state index in [9.17, 15) is 13.6 Å². The molecule has 0 aromatic heterocycles. The molecule has 1 saturated carbocycles. The van der Waals surface area contributed by atoms with Gasteiger partial charge in [-0.25, -0.2) is 0 Å². The van der Waals surface area contributed by atoms with E-state index in [-0.39, 0.29) is 23.3 Å².